The first-order valence-electron chi connectivity index (χ1n) is 12.5. The Kier molecular flexibility index (Phi) is 13.3. The quantitative estimate of drug-likeness (QED) is 0.403. The number of alkyl halides is 9. The molecule has 0 amide bonds. The number of fused-ring (bicyclic) bond motifs is 2. The zero-order chi connectivity index (χ0) is 34.1. The van der Waals surface area contributed by atoms with E-state index in [1.165, 1.54) is 11.5 Å². The minimum Gasteiger partial charge on any atom is -0.475 e. The van der Waals surface area contributed by atoms with E-state index in [0.29, 0.717) is 0 Å². The van der Waals surface area contributed by atoms with Gasteiger partial charge in [-0.05, 0) is 38.4 Å². The third-order valence-electron chi connectivity index (χ3n) is 6.42. The number of aryl methyl sites for hydroxylation is 1. The van der Waals surface area contributed by atoms with Crippen LogP contribution >= 0.6 is 0 Å². The smallest absolute Gasteiger partial charge is 0.475 e. The number of nitrogens with zero attached hydrogens (tertiary/aromatic N) is 4. The molecule has 3 N–H and O–H groups in total. The van der Waals surface area contributed by atoms with Gasteiger partial charge in [-0.3, -0.25) is 9.80 Å². The minimum absolute atomic E-state index is 0.126. The van der Waals surface area contributed by atoms with Crippen LogP contribution in [0.4, 0.5) is 39.5 Å². The predicted molar refractivity (Wildman–Crippen MR) is 130 cm³/mol. The summed E-state index contributed by atoms with van der Waals surface area (Å²) in [6.45, 7) is 10.9. The molecule has 0 aliphatic carbocycles. The summed E-state index contributed by atoms with van der Waals surface area (Å²) < 4.78 is 103. The summed E-state index contributed by atoms with van der Waals surface area (Å²) >= 11 is 0. The monoisotopic (exact) mass is 656 g/mol. The molecule has 0 atom stereocenters. The highest BCUT2D eigenvalue weighted by Gasteiger charge is 2.46. The normalized spacial score (nSPS) is 16.7. The van der Waals surface area contributed by atoms with Crippen molar-refractivity contribution in [2.75, 3.05) is 26.2 Å². The van der Waals surface area contributed by atoms with Crippen LogP contribution in [0.25, 0.3) is 0 Å². The molecule has 1 saturated heterocycles. The number of likely N-dealkylation sites (N-methyl/N-ethyl adjacent to an activating group) is 1. The standard InChI is InChI=1S/C18H26N4O.3C2HF3O2/c1-3-21-10-11-22-15(2)13-19-17(22)18(21)6-8-20(9-7-18)14-16-5-4-12-23-16;3*3-2(4,5)1(6)7/h4-5,12-13H,3,6-11,14H2,1-2H3;3*(H,6,7). The molecule has 250 valence electrons. The highest BCUT2D eigenvalue weighted by atomic mass is 19.4. The maximum atomic E-state index is 10.6. The second-order valence-electron chi connectivity index (χ2n) is 9.25. The van der Waals surface area contributed by atoms with Crippen molar-refractivity contribution in [2.24, 2.45) is 0 Å². The van der Waals surface area contributed by atoms with Crippen LogP contribution in [0.15, 0.2) is 29.0 Å². The number of halogens is 9. The molecule has 0 saturated carbocycles. The van der Waals surface area contributed by atoms with Gasteiger partial charge in [0.15, 0.2) is 0 Å². The Morgan fingerprint density at radius 3 is 1.68 bits per heavy atom. The number of likely N-dealkylation sites (tertiary alicyclic amines) is 1. The van der Waals surface area contributed by atoms with Crippen molar-refractivity contribution in [3.05, 3.63) is 41.9 Å². The predicted octanol–water partition coefficient (Wildman–Crippen LogP) is 4.51. The molecule has 0 radical (unpaired) electrons. The molecule has 0 aromatic carbocycles. The van der Waals surface area contributed by atoms with Gasteiger partial charge in [0, 0.05) is 38.1 Å². The van der Waals surface area contributed by atoms with Crippen LogP contribution in [0.1, 0.15) is 37.0 Å². The topological polar surface area (TPSA) is 149 Å². The van der Waals surface area contributed by atoms with Gasteiger partial charge in [-0.15, -0.1) is 0 Å². The largest absolute Gasteiger partial charge is 0.490 e. The minimum atomic E-state index is -5.08. The molecule has 1 spiro atoms. The van der Waals surface area contributed by atoms with Crippen molar-refractivity contribution >= 4 is 17.9 Å². The molecule has 20 heteroatoms. The molecular formula is C24H29F9N4O7. The van der Waals surface area contributed by atoms with Gasteiger partial charge in [0.05, 0.1) is 18.3 Å². The lowest BCUT2D eigenvalue weighted by molar-refractivity contribution is -0.193. The van der Waals surface area contributed by atoms with Crippen LogP contribution < -0.4 is 0 Å². The summed E-state index contributed by atoms with van der Waals surface area (Å²) in [7, 11) is 0. The second-order valence-corrected chi connectivity index (χ2v) is 9.25. The number of carbonyl (C=O) groups is 3. The summed E-state index contributed by atoms with van der Waals surface area (Å²) in [5.74, 6) is -5.91. The van der Waals surface area contributed by atoms with Crippen LogP contribution in [0.2, 0.25) is 0 Å². The number of piperidine rings is 1. The molecule has 2 aromatic rings. The van der Waals surface area contributed by atoms with Gasteiger partial charge in [-0.1, -0.05) is 6.92 Å². The van der Waals surface area contributed by atoms with Gasteiger partial charge < -0.3 is 24.3 Å². The van der Waals surface area contributed by atoms with E-state index in [4.69, 9.17) is 39.1 Å². The number of aliphatic carboxylic acids is 3. The Morgan fingerprint density at radius 1 is 0.864 bits per heavy atom. The molecule has 0 unspecified atom stereocenters. The van der Waals surface area contributed by atoms with Crippen molar-refractivity contribution in [3.63, 3.8) is 0 Å². The van der Waals surface area contributed by atoms with Crippen molar-refractivity contribution in [3.8, 4) is 0 Å². The summed E-state index contributed by atoms with van der Waals surface area (Å²) in [6.07, 6.45) is -9.14. The zero-order valence-corrected chi connectivity index (χ0v) is 23.1. The first kappa shape index (κ1) is 38.2. The molecular weight excluding hydrogens is 627 g/mol. The van der Waals surface area contributed by atoms with Crippen molar-refractivity contribution < 1.29 is 73.6 Å². The Bertz CT molecular complexity index is 1160. The highest BCUT2D eigenvalue weighted by molar-refractivity contribution is 5.73. The Morgan fingerprint density at radius 2 is 1.32 bits per heavy atom. The van der Waals surface area contributed by atoms with E-state index in [-0.39, 0.29) is 5.54 Å². The average Bonchev–Trinajstić information content (AvgIpc) is 3.55. The Labute approximate surface area is 243 Å². The van der Waals surface area contributed by atoms with Gasteiger partial charge in [0.1, 0.15) is 11.6 Å². The summed E-state index contributed by atoms with van der Waals surface area (Å²) in [4.78, 5) is 36.7. The van der Waals surface area contributed by atoms with E-state index in [1.807, 2.05) is 12.3 Å². The number of carboxylic acids is 3. The van der Waals surface area contributed by atoms with Gasteiger partial charge in [-0.2, -0.15) is 39.5 Å². The van der Waals surface area contributed by atoms with E-state index in [9.17, 15) is 39.5 Å². The number of carboxylic acid groups (broad SMARTS) is 3. The first-order chi connectivity index (χ1) is 20.1. The Hall–Kier alpha value is -3.81. The third-order valence-corrected chi connectivity index (χ3v) is 6.42. The fourth-order valence-electron chi connectivity index (χ4n) is 4.40. The maximum Gasteiger partial charge on any atom is 0.490 e. The summed E-state index contributed by atoms with van der Waals surface area (Å²) in [6, 6.07) is 4.04. The molecule has 4 heterocycles. The first-order valence-corrected chi connectivity index (χ1v) is 12.5. The maximum absolute atomic E-state index is 10.6. The lowest BCUT2D eigenvalue weighted by Crippen LogP contribution is -2.57. The fraction of sp³-hybridized carbons (Fsp3) is 0.583. The van der Waals surface area contributed by atoms with Gasteiger partial charge in [-0.25, -0.2) is 19.4 Å². The van der Waals surface area contributed by atoms with Gasteiger partial charge in [0.2, 0.25) is 0 Å². The van der Waals surface area contributed by atoms with E-state index in [1.54, 1.807) is 6.26 Å². The molecule has 2 aliphatic rings. The molecule has 11 nitrogen and oxygen atoms in total. The molecule has 4 rings (SSSR count). The number of rotatable bonds is 3. The Balaban J connectivity index is 0.000000379. The fourth-order valence-corrected chi connectivity index (χ4v) is 4.40. The molecule has 2 aromatic heterocycles. The molecule has 44 heavy (non-hydrogen) atoms. The van der Waals surface area contributed by atoms with Gasteiger partial charge in [0.25, 0.3) is 0 Å². The highest BCUT2D eigenvalue weighted by Crippen LogP contribution is 2.41. The van der Waals surface area contributed by atoms with Crippen LogP contribution in [-0.2, 0) is 33.0 Å². The van der Waals surface area contributed by atoms with Crippen LogP contribution in [0.5, 0.6) is 0 Å². The average molecular weight is 656 g/mol. The SMILES string of the molecule is CCN1CCn2c(C)cnc2C12CCN(Cc1ccco1)CC2.O=C(O)C(F)(F)F.O=C(O)C(F)(F)F.O=C(O)C(F)(F)F. The number of hydrogen-bond acceptors (Lipinski definition) is 7. The van der Waals surface area contributed by atoms with Crippen molar-refractivity contribution in [2.45, 2.75) is 63.8 Å². The van der Waals surface area contributed by atoms with E-state index < -0.39 is 36.4 Å². The molecule has 1 fully saturated rings. The lowest BCUT2D eigenvalue weighted by Gasteiger charge is -2.50. The van der Waals surface area contributed by atoms with Crippen molar-refractivity contribution in [1.82, 2.24) is 19.4 Å². The van der Waals surface area contributed by atoms with E-state index in [0.717, 1.165) is 57.9 Å². The zero-order valence-electron chi connectivity index (χ0n) is 23.1. The van der Waals surface area contributed by atoms with E-state index in [2.05, 4.69) is 34.3 Å². The number of imidazole rings is 1. The van der Waals surface area contributed by atoms with Crippen LogP contribution in [-0.4, -0.2) is 97.3 Å². The lowest BCUT2D eigenvalue weighted by atomic mass is 9.83. The molecule has 0 bridgehead atoms. The third kappa shape index (κ3) is 11.0. The van der Waals surface area contributed by atoms with Gasteiger partial charge >= 0.3 is 36.4 Å². The van der Waals surface area contributed by atoms with Crippen LogP contribution in [0.3, 0.4) is 0 Å². The molecule has 2 aliphatic heterocycles. The van der Waals surface area contributed by atoms with E-state index >= 15 is 0 Å². The number of aromatic nitrogens is 2. The summed E-state index contributed by atoms with van der Waals surface area (Å²) in [5, 5.41) is 21.4. The number of furan rings is 1. The second kappa shape index (κ2) is 15.3. The summed E-state index contributed by atoms with van der Waals surface area (Å²) in [5.41, 5.74) is 1.43. The van der Waals surface area contributed by atoms with Crippen LogP contribution in [0, 0.1) is 6.92 Å². The van der Waals surface area contributed by atoms with Crippen molar-refractivity contribution in [1.29, 1.82) is 0 Å². The number of hydrogen-bond donors (Lipinski definition) is 3.